The lowest BCUT2D eigenvalue weighted by molar-refractivity contribution is -0.119. The standard InChI is InChI=1S/C15H13Cl2N3O/c16-12-5-3-4-11(8-12)9-19-20-15(21)10-18-14-7-2-1-6-13(14)17/h1-9,18H,10H2,(H,20,21). The first-order valence-corrected chi connectivity index (χ1v) is 6.96. The molecule has 0 heterocycles. The predicted octanol–water partition coefficient (Wildman–Crippen LogP) is 3.56. The van der Waals surface area contributed by atoms with Gasteiger partial charge < -0.3 is 5.32 Å². The lowest BCUT2D eigenvalue weighted by Crippen LogP contribution is -2.25. The number of carbonyl (C=O) groups is 1. The minimum atomic E-state index is -0.270. The SMILES string of the molecule is O=C(CNc1ccccc1Cl)NN=Cc1cccc(Cl)c1. The molecule has 0 unspecified atom stereocenters. The molecule has 0 saturated carbocycles. The molecule has 1 amide bonds. The van der Waals surface area contributed by atoms with Crippen molar-refractivity contribution in [2.45, 2.75) is 0 Å². The van der Waals surface area contributed by atoms with Crippen molar-refractivity contribution in [3.63, 3.8) is 0 Å². The zero-order valence-electron chi connectivity index (χ0n) is 11.0. The Hall–Kier alpha value is -2.04. The first-order chi connectivity index (χ1) is 10.1. The van der Waals surface area contributed by atoms with Gasteiger partial charge in [-0.15, -0.1) is 0 Å². The molecule has 2 aromatic carbocycles. The lowest BCUT2D eigenvalue weighted by atomic mass is 10.2. The van der Waals surface area contributed by atoms with Crippen molar-refractivity contribution in [2.75, 3.05) is 11.9 Å². The van der Waals surface area contributed by atoms with Crippen LogP contribution < -0.4 is 10.7 Å². The first-order valence-electron chi connectivity index (χ1n) is 6.21. The van der Waals surface area contributed by atoms with Crippen LogP contribution >= 0.6 is 23.2 Å². The van der Waals surface area contributed by atoms with Crippen molar-refractivity contribution < 1.29 is 4.79 Å². The molecule has 0 bridgehead atoms. The molecular weight excluding hydrogens is 309 g/mol. The Balaban J connectivity index is 1.81. The van der Waals surface area contributed by atoms with Crippen molar-refractivity contribution in [1.29, 1.82) is 0 Å². The van der Waals surface area contributed by atoms with Crippen molar-refractivity contribution in [3.05, 3.63) is 64.1 Å². The summed E-state index contributed by atoms with van der Waals surface area (Å²) in [7, 11) is 0. The Morgan fingerprint density at radius 1 is 1.14 bits per heavy atom. The number of hydrogen-bond acceptors (Lipinski definition) is 3. The van der Waals surface area contributed by atoms with E-state index in [0.29, 0.717) is 15.7 Å². The summed E-state index contributed by atoms with van der Waals surface area (Å²) in [6.07, 6.45) is 1.53. The monoisotopic (exact) mass is 321 g/mol. The quantitative estimate of drug-likeness (QED) is 0.653. The number of para-hydroxylation sites is 1. The molecule has 0 fully saturated rings. The van der Waals surface area contributed by atoms with E-state index in [2.05, 4.69) is 15.8 Å². The number of amides is 1. The number of hydrazone groups is 1. The zero-order valence-corrected chi connectivity index (χ0v) is 12.5. The van der Waals surface area contributed by atoms with Crippen LogP contribution in [0.2, 0.25) is 10.0 Å². The molecular formula is C15H13Cl2N3O. The van der Waals surface area contributed by atoms with Gasteiger partial charge in [-0.25, -0.2) is 5.43 Å². The normalized spacial score (nSPS) is 10.6. The predicted molar refractivity (Wildman–Crippen MR) is 87.1 cm³/mol. The highest BCUT2D eigenvalue weighted by Gasteiger charge is 2.02. The maximum absolute atomic E-state index is 11.6. The van der Waals surface area contributed by atoms with Gasteiger partial charge in [-0.2, -0.15) is 5.10 Å². The molecule has 0 saturated heterocycles. The van der Waals surface area contributed by atoms with Crippen LogP contribution in [0.15, 0.2) is 53.6 Å². The highest BCUT2D eigenvalue weighted by molar-refractivity contribution is 6.33. The first kappa shape index (κ1) is 15.4. The summed E-state index contributed by atoms with van der Waals surface area (Å²) in [6, 6.07) is 14.4. The highest BCUT2D eigenvalue weighted by Crippen LogP contribution is 2.19. The lowest BCUT2D eigenvalue weighted by Gasteiger charge is -2.06. The summed E-state index contributed by atoms with van der Waals surface area (Å²) < 4.78 is 0. The second-order valence-corrected chi connectivity index (χ2v) is 5.03. The van der Waals surface area contributed by atoms with Crippen molar-refractivity contribution in [1.82, 2.24) is 5.43 Å². The molecule has 2 rings (SSSR count). The zero-order chi connectivity index (χ0) is 15.1. The number of carbonyl (C=O) groups excluding carboxylic acids is 1. The Morgan fingerprint density at radius 3 is 2.71 bits per heavy atom. The van der Waals surface area contributed by atoms with E-state index in [4.69, 9.17) is 23.2 Å². The molecule has 6 heteroatoms. The molecule has 0 radical (unpaired) electrons. The minimum Gasteiger partial charge on any atom is -0.375 e. The molecule has 0 aromatic heterocycles. The van der Waals surface area contributed by atoms with E-state index in [-0.39, 0.29) is 12.5 Å². The summed E-state index contributed by atoms with van der Waals surface area (Å²) in [5.74, 6) is -0.270. The fraction of sp³-hybridized carbons (Fsp3) is 0.0667. The van der Waals surface area contributed by atoms with Gasteiger partial charge in [0.25, 0.3) is 5.91 Å². The fourth-order valence-electron chi connectivity index (χ4n) is 1.59. The Morgan fingerprint density at radius 2 is 1.95 bits per heavy atom. The van der Waals surface area contributed by atoms with Gasteiger partial charge in [-0.05, 0) is 29.8 Å². The molecule has 0 atom stereocenters. The van der Waals surface area contributed by atoms with Crippen LogP contribution in [-0.2, 0) is 4.79 Å². The molecule has 108 valence electrons. The van der Waals surface area contributed by atoms with E-state index in [1.807, 2.05) is 24.3 Å². The van der Waals surface area contributed by atoms with Gasteiger partial charge in [0.2, 0.25) is 0 Å². The van der Waals surface area contributed by atoms with Gasteiger partial charge in [0.05, 0.1) is 23.5 Å². The van der Waals surface area contributed by atoms with Gasteiger partial charge >= 0.3 is 0 Å². The third kappa shape index (κ3) is 5.10. The number of benzene rings is 2. The van der Waals surface area contributed by atoms with Crippen LogP contribution in [0.25, 0.3) is 0 Å². The van der Waals surface area contributed by atoms with Crippen LogP contribution in [0.1, 0.15) is 5.56 Å². The van der Waals surface area contributed by atoms with Crippen LogP contribution in [0.3, 0.4) is 0 Å². The Bertz CT molecular complexity index is 659. The summed E-state index contributed by atoms with van der Waals surface area (Å²) in [4.78, 5) is 11.6. The van der Waals surface area contributed by atoms with Crippen LogP contribution in [-0.4, -0.2) is 18.7 Å². The van der Waals surface area contributed by atoms with Crippen LogP contribution in [0.5, 0.6) is 0 Å². The molecule has 0 spiro atoms. The van der Waals surface area contributed by atoms with Gasteiger partial charge in [0.1, 0.15) is 0 Å². The summed E-state index contributed by atoms with van der Waals surface area (Å²) in [5.41, 5.74) is 3.93. The Labute approximate surface area is 132 Å². The fourth-order valence-corrected chi connectivity index (χ4v) is 1.99. The average Bonchev–Trinajstić information content (AvgIpc) is 2.46. The van der Waals surface area contributed by atoms with E-state index in [1.54, 1.807) is 24.3 Å². The van der Waals surface area contributed by atoms with E-state index in [1.165, 1.54) is 6.21 Å². The Kier molecular flexibility index (Phi) is 5.60. The number of nitrogens with zero attached hydrogens (tertiary/aromatic N) is 1. The molecule has 0 aliphatic rings. The summed E-state index contributed by atoms with van der Waals surface area (Å²) in [6.45, 7) is 0.0800. The second-order valence-electron chi connectivity index (χ2n) is 4.18. The largest absolute Gasteiger partial charge is 0.375 e. The molecule has 21 heavy (non-hydrogen) atoms. The van der Waals surface area contributed by atoms with Gasteiger partial charge in [-0.1, -0.05) is 47.5 Å². The highest BCUT2D eigenvalue weighted by atomic mass is 35.5. The van der Waals surface area contributed by atoms with Gasteiger partial charge in [0, 0.05) is 5.02 Å². The number of halogens is 2. The smallest absolute Gasteiger partial charge is 0.259 e. The van der Waals surface area contributed by atoms with E-state index in [9.17, 15) is 4.79 Å². The number of nitrogens with one attached hydrogen (secondary N) is 2. The number of anilines is 1. The molecule has 2 N–H and O–H groups in total. The van der Waals surface area contributed by atoms with Crippen LogP contribution in [0.4, 0.5) is 5.69 Å². The molecule has 0 aliphatic carbocycles. The minimum absolute atomic E-state index is 0.0800. The van der Waals surface area contributed by atoms with Crippen LogP contribution in [0, 0.1) is 0 Å². The van der Waals surface area contributed by atoms with E-state index >= 15 is 0 Å². The molecule has 0 aliphatic heterocycles. The third-order valence-electron chi connectivity index (χ3n) is 2.56. The molecule has 4 nitrogen and oxygen atoms in total. The van der Waals surface area contributed by atoms with Gasteiger partial charge in [0.15, 0.2) is 0 Å². The van der Waals surface area contributed by atoms with Crippen molar-refractivity contribution >= 4 is 41.0 Å². The van der Waals surface area contributed by atoms with Crippen molar-refractivity contribution in [3.8, 4) is 0 Å². The van der Waals surface area contributed by atoms with E-state index in [0.717, 1.165) is 5.56 Å². The summed E-state index contributed by atoms with van der Waals surface area (Å²) >= 11 is 11.8. The maximum atomic E-state index is 11.6. The maximum Gasteiger partial charge on any atom is 0.259 e. The topological polar surface area (TPSA) is 53.5 Å². The van der Waals surface area contributed by atoms with E-state index < -0.39 is 0 Å². The van der Waals surface area contributed by atoms with Crippen molar-refractivity contribution in [2.24, 2.45) is 5.10 Å². The van der Waals surface area contributed by atoms with Gasteiger partial charge in [-0.3, -0.25) is 4.79 Å². The second kappa shape index (κ2) is 7.67. The third-order valence-corrected chi connectivity index (χ3v) is 3.13. The summed E-state index contributed by atoms with van der Waals surface area (Å²) in [5, 5.41) is 7.97. The molecule has 2 aromatic rings. The number of rotatable bonds is 5. The number of hydrogen-bond donors (Lipinski definition) is 2. The average molecular weight is 322 g/mol.